The average Bonchev–Trinajstić information content (AvgIpc) is 3.18. The van der Waals surface area contributed by atoms with Crippen molar-refractivity contribution < 1.29 is 9.90 Å². The Bertz CT molecular complexity index is 1060. The van der Waals surface area contributed by atoms with Crippen LogP contribution < -0.4 is 0 Å². The number of aliphatic carboxylic acids is 1. The van der Waals surface area contributed by atoms with Gasteiger partial charge in [0.2, 0.25) is 0 Å². The van der Waals surface area contributed by atoms with E-state index >= 15 is 0 Å². The third kappa shape index (κ3) is 2.72. The van der Waals surface area contributed by atoms with Crippen LogP contribution in [0.4, 0.5) is 0 Å². The molecule has 124 valence electrons. The molecule has 0 atom stereocenters. The van der Waals surface area contributed by atoms with Gasteiger partial charge in [-0.2, -0.15) is 0 Å². The lowest BCUT2D eigenvalue weighted by atomic mass is 10.1. The standard InChI is InChI=1S/C20H16N2O2S/c1-22-16-10-6-5-9-15(16)18(19(22)13-7-3-2-4-8-13)20-21-14(12-25-20)11-17(23)24/h2-10,12H,11H2,1H3,(H,23,24). The third-order valence-electron chi connectivity index (χ3n) is 4.25. The van der Waals surface area contributed by atoms with Crippen molar-refractivity contribution in [3.05, 3.63) is 65.7 Å². The lowest BCUT2D eigenvalue weighted by Gasteiger charge is -2.07. The Balaban J connectivity index is 1.99. The number of carbonyl (C=O) groups is 1. The summed E-state index contributed by atoms with van der Waals surface area (Å²) in [4.78, 5) is 15.6. The van der Waals surface area contributed by atoms with E-state index in [1.807, 2.05) is 35.7 Å². The van der Waals surface area contributed by atoms with E-state index in [0.717, 1.165) is 32.7 Å². The number of hydrogen-bond acceptors (Lipinski definition) is 3. The zero-order valence-corrected chi connectivity index (χ0v) is 14.5. The maximum absolute atomic E-state index is 11.0. The van der Waals surface area contributed by atoms with Gasteiger partial charge in [-0.3, -0.25) is 4.79 Å². The van der Waals surface area contributed by atoms with E-state index in [4.69, 9.17) is 5.11 Å². The summed E-state index contributed by atoms with van der Waals surface area (Å²) < 4.78 is 2.18. The maximum Gasteiger partial charge on any atom is 0.309 e. The number of carboxylic acids is 1. The van der Waals surface area contributed by atoms with Crippen LogP contribution in [0.3, 0.4) is 0 Å². The van der Waals surface area contributed by atoms with Crippen molar-refractivity contribution >= 4 is 28.2 Å². The molecule has 0 aliphatic rings. The number of aryl methyl sites for hydroxylation is 1. The third-order valence-corrected chi connectivity index (χ3v) is 5.16. The van der Waals surface area contributed by atoms with Gasteiger partial charge in [-0.1, -0.05) is 48.5 Å². The molecule has 0 unspecified atom stereocenters. The first kappa shape index (κ1) is 15.6. The molecule has 0 saturated heterocycles. The van der Waals surface area contributed by atoms with E-state index in [1.165, 1.54) is 11.3 Å². The summed E-state index contributed by atoms with van der Waals surface area (Å²) in [7, 11) is 2.06. The average molecular weight is 348 g/mol. The molecule has 0 radical (unpaired) electrons. The van der Waals surface area contributed by atoms with Crippen LogP contribution in [0.2, 0.25) is 0 Å². The van der Waals surface area contributed by atoms with Crippen molar-refractivity contribution in [2.24, 2.45) is 7.05 Å². The molecule has 0 spiro atoms. The molecule has 5 heteroatoms. The molecular formula is C20H16N2O2S. The minimum atomic E-state index is -0.863. The predicted octanol–water partition coefficient (Wildman–Crippen LogP) is 4.60. The molecule has 4 rings (SSSR count). The van der Waals surface area contributed by atoms with Crippen molar-refractivity contribution in [2.75, 3.05) is 0 Å². The molecule has 2 aromatic heterocycles. The Morgan fingerprint density at radius 3 is 2.60 bits per heavy atom. The minimum Gasteiger partial charge on any atom is -0.481 e. The van der Waals surface area contributed by atoms with Gasteiger partial charge in [0.15, 0.2) is 0 Å². The molecule has 4 nitrogen and oxygen atoms in total. The summed E-state index contributed by atoms with van der Waals surface area (Å²) in [6.45, 7) is 0. The summed E-state index contributed by atoms with van der Waals surface area (Å²) in [6, 6.07) is 18.5. The van der Waals surface area contributed by atoms with Gasteiger partial charge in [0, 0.05) is 28.9 Å². The highest BCUT2D eigenvalue weighted by atomic mass is 32.1. The van der Waals surface area contributed by atoms with Crippen LogP contribution >= 0.6 is 11.3 Å². The first-order chi connectivity index (χ1) is 12.1. The molecule has 0 fully saturated rings. The summed E-state index contributed by atoms with van der Waals surface area (Å²) in [5, 5.41) is 12.8. The van der Waals surface area contributed by atoms with Gasteiger partial charge in [0.25, 0.3) is 0 Å². The van der Waals surface area contributed by atoms with Gasteiger partial charge in [-0.15, -0.1) is 11.3 Å². The number of thiazole rings is 1. The van der Waals surface area contributed by atoms with Crippen molar-refractivity contribution in [2.45, 2.75) is 6.42 Å². The van der Waals surface area contributed by atoms with Crippen LogP contribution in [0.25, 0.3) is 32.7 Å². The van der Waals surface area contributed by atoms with Crippen LogP contribution in [0.1, 0.15) is 5.69 Å². The fourth-order valence-corrected chi connectivity index (χ4v) is 4.08. The van der Waals surface area contributed by atoms with Crippen molar-refractivity contribution in [1.82, 2.24) is 9.55 Å². The highest BCUT2D eigenvalue weighted by molar-refractivity contribution is 7.13. The molecule has 4 aromatic rings. The van der Waals surface area contributed by atoms with E-state index in [2.05, 4.69) is 40.9 Å². The Hall–Kier alpha value is -2.92. The summed E-state index contributed by atoms with van der Waals surface area (Å²) >= 11 is 1.49. The number of benzene rings is 2. The topological polar surface area (TPSA) is 55.1 Å². The molecule has 0 amide bonds. The lowest BCUT2D eigenvalue weighted by Crippen LogP contribution is -2.00. The maximum atomic E-state index is 11.0. The quantitative estimate of drug-likeness (QED) is 0.586. The van der Waals surface area contributed by atoms with Crippen molar-refractivity contribution in [1.29, 1.82) is 0 Å². The highest BCUT2D eigenvalue weighted by Gasteiger charge is 2.20. The Morgan fingerprint density at radius 1 is 1.12 bits per heavy atom. The van der Waals surface area contributed by atoms with Crippen LogP contribution in [-0.4, -0.2) is 20.6 Å². The fourth-order valence-electron chi connectivity index (χ4n) is 3.20. The highest BCUT2D eigenvalue weighted by Crippen LogP contribution is 2.41. The molecule has 0 aliphatic carbocycles. The number of nitrogens with zero attached hydrogens (tertiary/aromatic N) is 2. The van der Waals surface area contributed by atoms with E-state index in [9.17, 15) is 4.79 Å². The van der Waals surface area contributed by atoms with Gasteiger partial charge in [-0.25, -0.2) is 4.98 Å². The molecule has 1 N–H and O–H groups in total. The second kappa shape index (κ2) is 6.18. The van der Waals surface area contributed by atoms with Crippen LogP contribution in [-0.2, 0) is 18.3 Å². The Morgan fingerprint density at radius 2 is 1.84 bits per heavy atom. The van der Waals surface area contributed by atoms with Crippen LogP contribution in [0.15, 0.2) is 60.0 Å². The molecule has 0 aliphatic heterocycles. The predicted molar refractivity (Wildman–Crippen MR) is 101 cm³/mol. The van der Waals surface area contributed by atoms with E-state index in [1.54, 1.807) is 0 Å². The number of para-hydroxylation sites is 1. The van der Waals surface area contributed by atoms with E-state index < -0.39 is 5.97 Å². The Labute approximate surface area is 149 Å². The SMILES string of the molecule is Cn1c(-c2ccccc2)c(-c2nc(CC(=O)O)cs2)c2ccccc21. The summed E-state index contributed by atoms with van der Waals surface area (Å²) in [5.74, 6) is -0.863. The molecule has 2 heterocycles. The minimum absolute atomic E-state index is 0.0536. The van der Waals surface area contributed by atoms with Gasteiger partial charge in [0.05, 0.1) is 17.8 Å². The van der Waals surface area contributed by atoms with E-state index in [-0.39, 0.29) is 6.42 Å². The Kier molecular flexibility index (Phi) is 3.86. The van der Waals surface area contributed by atoms with Crippen molar-refractivity contribution in [3.63, 3.8) is 0 Å². The van der Waals surface area contributed by atoms with Gasteiger partial charge in [0.1, 0.15) is 5.01 Å². The largest absolute Gasteiger partial charge is 0.481 e. The van der Waals surface area contributed by atoms with Gasteiger partial charge in [-0.05, 0) is 11.6 Å². The zero-order valence-electron chi connectivity index (χ0n) is 13.6. The van der Waals surface area contributed by atoms with Gasteiger partial charge < -0.3 is 9.67 Å². The van der Waals surface area contributed by atoms with Crippen LogP contribution in [0.5, 0.6) is 0 Å². The second-order valence-electron chi connectivity index (χ2n) is 5.88. The number of carboxylic acid groups (broad SMARTS) is 1. The molecule has 2 aromatic carbocycles. The van der Waals surface area contributed by atoms with Gasteiger partial charge >= 0.3 is 5.97 Å². The molecule has 25 heavy (non-hydrogen) atoms. The molecular weight excluding hydrogens is 332 g/mol. The monoisotopic (exact) mass is 348 g/mol. The van der Waals surface area contributed by atoms with E-state index in [0.29, 0.717) is 5.69 Å². The number of hydrogen-bond donors (Lipinski definition) is 1. The molecule has 0 bridgehead atoms. The lowest BCUT2D eigenvalue weighted by molar-refractivity contribution is -0.136. The van der Waals surface area contributed by atoms with Crippen molar-refractivity contribution in [3.8, 4) is 21.8 Å². The first-order valence-corrected chi connectivity index (χ1v) is 8.82. The smallest absolute Gasteiger partial charge is 0.309 e. The number of rotatable bonds is 4. The zero-order chi connectivity index (χ0) is 17.4. The fraction of sp³-hybridized carbons (Fsp3) is 0.100. The summed E-state index contributed by atoms with van der Waals surface area (Å²) in [6.07, 6.45) is -0.0536. The molecule has 0 saturated carbocycles. The number of fused-ring (bicyclic) bond motifs is 1. The summed E-state index contributed by atoms with van der Waals surface area (Å²) in [5.41, 5.74) is 5.00. The second-order valence-corrected chi connectivity index (χ2v) is 6.74. The van der Waals surface area contributed by atoms with Crippen LogP contribution in [0, 0.1) is 0 Å². The number of aromatic nitrogens is 2. The normalized spacial score (nSPS) is 11.1. The first-order valence-electron chi connectivity index (χ1n) is 7.94.